The molecule has 0 spiro atoms. The molecular weight excluding hydrogens is 1170 g/mol. The maximum Gasteiger partial charge on any atom is 0.143 e. The molecule has 0 saturated heterocycles. The minimum atomic E-state index is 0.858. The Morgan fingerprint density at radius 3 is 1.27 bits per heavy atom. The highest BCUT2D eigenvalue weighted by Crippen LogP contribution is 2.50. The molecule has 5 nitrogen and oxygen atoms in total. The van der Waals surface area contributed by atoms with Crippen molar-refractivity contribution >= 4 is 185 Å². The molecule has 7 heteroatoms. The van der Waals surface area contributed by atoms with Gasteiger partial charge in [-0.25, -0.2) is 0 Å². The molecule has 0 fully saturated rings. The lowest BCUT2D eigenvalue weighted by molar-refractivity contribution is 0.669. The molecule has 0 aliphatic carbocycles. The summed E-state index contributed by atoms with van der Waals surface area (Å²) in [5.74, 6) is 0. The molecule has 0 aliphatic rings. The fourth-order valence-electron chi connectivity index (χ4n) is 14.6. The lowest BCUT2D eigenvalue weighted by atomic mass is 9.93. The molecule has 15 aromatic carbocycles. The van der Waals surface area contributed by atoms with Gasteiger partial charge in [0.1, 0.15) is 33.5 Å². The fraction of sp³-hybridized carbons (Fsp3) is 0. The average Bonchev–Trinajstić information content (AvgIpc) is 1.61. The highest BCUT2D eigenvalue weighted by molar-refractivity contribution is 7.27. The zero-order valence-corrected chi connectivity index (χ0v) is 51.4. The Labute approximate surface area is 540 Å². The van der Waals surface area contributed by atoms with Crippen LogP contribution in [0.15, 0.2) is 317 Å². The maximum absolute atomic E-state index is 6.93. The lowest BCUT2D eigenvalue weighted by Crippen LogP contribution is -2.09. The number of hydrogen-bond donors (Lipinski definition) is 0. The smallest absolute Gasteiger partial charge is 0.143 e. The number of benzene rings is 15. The van der Waals surface area contributed by atoms with Crippen LogP contribution in [-0.2, 0) is 0 Å². The zero-order valence-electron chi connectivity index (χ0n) is 49.8. The van der Waals surface area contributed by atoms with Crippen LogP contribution in [0.5, 0.6) is 0 Å². The van der Waals surface area contributed by atoms with Crippen LogP contribution in [0, 0.1) is 0 Å². The molecule has 0 bridgehead atoms. The van der Waals surface area contributed by atoms with Crippen molar-refractivity contribution in [3.63, 3.8) is 0 Å². The molecule has 20 aromatic rings. The zero-order chi connectivity index (χ0) is 60.8. The van der Waals surface area contributed by atoms with Crippen LogP contribution < -0.4 is 9.80 Å². The molecule has 0 aliphatic heterocycles. The van der Waals surface area contributed by atoms with Crippen molar-refractivity contribution in [1.29, 1.82) is 0 Å². The van der Waals surface area contributed by atoms with Gasteiger partial charge in [-0.15, -0.1) is 22.7 Å². The van der Waals surface area contributed by atoms with Gasteiger partial charge in [-0.2, -0.15) is 0 Å². The summed E-state index contributed by atoms with van der Waals surface area (Å²) >= 11 is 3.70. The van der Waals surface area contributed by atoms with Crippen LogP contribution in [0.4, 0.5) is 34.1 Å². The Morgan fingerprint density at radius 1 is 0.226 bits per heavy atom. The summed E-state index contributed by atoms with van der Waals surface area (Å²) in [5, 5.41) is 16.7. The van der Waals surface area contributed by atoms with Gasteiger partial charge in [0.25, 0.3) is 0 Å². The normalized spacial score (nSPS) is 12.1. The van der Waals surface area contributed by atoms with E-state index in [2.05, 4.69) is 313 Å². The first-order valence-electron chi connectivity index (χ1n) is 31.4. The van der Waals surface area contributed by atoms with E-state index < -0.39 is 0 Å². The number of thiophene rings is 2. The van der Waals surface area contributed by atoms with E-state index in [0.29, 0.717) is 0 Å². The van der Waals surface area contributed by atoms with Gasteiger partial charge in [0.2, 0.25) is 0 Å². The Hall–Kier alpha value is -11.7. The van der Waals surface area contributed by atoms with Crippen molar-refractivity contribution in [1.82, 2.24) is 0 Å². The molecule has 5 heterocycles. The van der Waals surface area contributed by atoms with E-state index in [0.717, 1.165) is 117 Å². The molecule has 0 atom stereocenters. The van der Waals surface area contributed by atoms with Gasteiger partial charge in [-0.3, -0.25) is 0 Å². The third kappa shape index (κ3) is 8.24. The van der Waals surface area contributed by atoms with E-state index in [1.165, 1.54) is 78.4 Å². The minimum absolute atomic E-state index is 0.858. The van der Waals surface area contributed by atoms with Gasteiger partial charge in [0.05, 0.1) is 0 Å². The van der Waals surface area contributed by atoms with Crippen molar-refractivity contribution < 1.29 is 13.3 Å². The number of nitrogens with zero attached hydrogens (tertiary/aromatic N) is 2. The van der Waals surface area contributed by atoms with Gasteiger partial charge in [-0.05, 0) is 189 Å². The molecule has 0 radical (unpaired) electrons. The molecule has 0 N–H and O–H groups in total. The van der Waals surface area contributed by atoms with E-state index in [1.807, 2.05) is 22.7 Å². The summed E-state index contributed by atoms with van der Waals surface area (Å²) in [6.07, 6.45) is 0. The maximum atomic E-state index is 6.93. The highest BCUT2D eigenvalue weighted by atomic mass is 32.1. The summed E-state index contributed by atoms with van der Waals surface area (Å²) in [7, 11) is 0. The molecule has 0 amide bonds. The van der Waals surface area contributed by atoms with E-state index >= 15 is 0 Å². The second-order valence-electron chi connectivity index (χ2n) is 24.3. The second-order valence-corrected chi connectivity index (χ2v) is 26.4. The minimum Gasteiger partial charge on any atom is -0.456 e. The molecule has 93 heavy (non-hydrogen) atoms. The first-order valence-corrected chi connectivity index (χ1v) is 33.1. The van der Waals surface area contributed by atoms with Crippen molar-refractivity contribution in [3.05, 3.63) is 303 Å². The number of para-hydroxylation sites is 3. The molecule has 0 saturated carbocycles. The van der Waals surface area contributed by atoms with Gasteiger partial charge < -0.3 is 23.1 Å². The van der Waals surface area contributed by atoms with E-state index in [9.17, 15) is 0 Å². The number of hydrogen-bond acceptors (Lipinski definition) is 7. The van der Waals surface area contributed by atoms with E-state index in [1.54, 1.807) is 0 Å². The number of anilines is 6. The quantitative estimate of drug-likeness (QED) is 0.144. The Bertz CT molecular complexity index is 6420. The van der Waals surface area contributed by atoms with Crippen molar-refractivity contribution in [2.45, 2.75) is 0 Å². The molecule has 434 valence electrons. The predicted octanol–water partition coefficient (Wildman–Crippen LogP) is 26.4. The van der Waals surface area contributed by atoms with Gasteiger partial charge in [0, 0.05) is 124 Å². The highest BCUT2D eigenvalue weighted by Gasteiger charge is 2.24. The largest absolute Gasteiger partial charge is 0.456 e. The number of rotatable bonds is 9. The number of fused-ring (bicyclic) bond motifs is 19. The van der Waals surface area contributed by atoms with Crippen LogP contribution >= 0.6 is 22.7 Å². The Morgan fingerprint density at radius 2 is 0.667 bits per heavy atom. The molecule has 5 aromatic heterocycles. The first-order chi connectivity index (χ1) is 46.0. The fourth-order valence-corrected chi connectivity index (χ4v) is 17.2. The van der Waals surface area contributed by atoms with Crippen LogP contribution in [-0.4, -0.2) is 0 Å². The van der Waals surface area contributed by atoms with Crippen molar-refractivity contribution in [3.8, 4) is 33.4 Å². The summed E-state index contributed by atoms with van der Waals surface area (Å²) in [6.45, 7) is 0. The molecule has 0 unspecified atom stereocenters. The second kappa shape index (κ2) is 20.4. The standard InChI is InChI=1S/C86H50N2O3S2/c1-4-14-51(15-5-1)52-26-30-61(31-27-52)87(59-18-6-2-7-19-59)63-34-36-71-77(49-63)90-76-43-41-68-73-46-56-24-25-57(44-58(56)48-80(73)93-86(68)83(71)76)65-38-39-66(84-81(65)69-22-12-13-23-74(69)91-84)53-28-32-62(33-29-53)88(60-20-8-3-9-21-60)64-35-37-70-78(50-64)89-75-42-40-67-72-45-54-16-10-11-17-55(54)47-79(72)92-85(67)82(70)75/h1-50H. The summed E-state index contributed by atoms with van der Waals surface area (Å²) in [6, 6.07) is 109. The Balaban J connectivity index is 0.646. The van der Waals surface area contributed by atoms with Gasteiger partial charge >= 0.3 is 0 Å². The van der Waals surface area contributed by atoms with Gasteiger partial charge in [-0.1, -0.05) is 152 Å². The lowest BCUT2D eigenvalue weighted by Gasteiger charge is -2.25. The van der Waals surface area contributed by atoms with Crippen LogP contribution in [0.1, 0.15) is 0 Å². The summed E-state index contributed by atoms with van der Waals surface area (Å²) < 4.78 is 25.5. The van der Waals surface area contributed by atoms with Gasteiger partial charge in [0.15, 0.2) is 0 Å². The third-order valence-corrected chi connectivity index (χ3v) is 21.4. The molecular formula is C86H50N2O3S2. The monoisotopic (exact) mass is 1220 g/mol. The summed E-state index contributed by atoms with van der Waals surface area (Å²) in [5.41, 5.74) is 18.3. The van der Waals surface area contributed by atoms with Crippen LogP contribution in [0.3, 0.4) is 0 Å². The SMILES string of the molecule is c1ccc(-c2ccc(N(c3ccccc3)c3ccc4c(c3)oc3ccc5c6cc7ccc(-c8ccc(-c9ccc(N(c%10ccccc%10)c%10ccc%11c(c%10)oc%10ccc%12c%13cc%14ccccc%14cc%13sc%12c%10%11)cc9)c9oc%10ccccc%10c89)cc7cc6sc5c34)cc2)cc1. The number of furan rings is 3. The van der Waals surface area contributed by atoms with Crippen molar-refractivity contribution in [2.75, 3.05) is 9.80 Å². The topological polar surface area (TPSA) is 45.9 Å². The van der Waals surface area contributed by atoms with E-state index in [4.69, 9.17) is 13.3 Å². The first kappa shape index (κ1) is 52.1. The Kier molecular flexibility index (Phi) is 11.4. The summed E-state index contributed by atoms with van der Waals surface area (Å²) in [4.78, 5) is 4.62. The van der Waals surface area contributed by atoms with Crippen LogP contribution in [0.25, 0.3) is 161 Å². The van der Waals surface area contributed by atoms with E-state index in [-0.39, 0.29) is 0 Å². The third-order valence-electron chi connectivity index (χ3n) is 19.0. The van der Waals surface area contributed by atoms with Crippen molar-refractivity contribution in [2.24, 2.45) is 0 Å². The average molecular weight is 1220 g/mol. The van der Waals surface area contributed by atoms with Crippen LogP contribution in [0.2, 0.25) is 0 Å². The molecule has 20 rings (SSSR count). The predicted molar refractivity (Wildman–Crippen MR) is 395 cm³/mol.